The van der Waals surface area contributed by atoms with E-state index < -0.39 is 13.0 Å². The summed E-state index contributed by atoms with van der Waals surface area (Å²) in [5, 5.41) is 3.11. The molecule has 0 amide bonds. The van der Waals surface area contributed by atoms with Crippen molar-refractivity contribution in [2.45, 2.75) is 39.0 Å². The second kappa shape index (κ2) is 6.86. The molecule has 1 saturated carbocycles. The quantitative estimate of drug-likeness (QED) is 0.468. The molecule has 2 rings (SSSR count). The molecular formula is C12H22F2IN3. The van der Waals surface area contributed by atoms with Gasteiger partial charge in [-0.1, -0.05) is 6.42 Å². The first-order valence-electron chi connectivity index (χ1n) is 6.47. The van der Waals surface area contributed by atoms with Crippen molar-refractivity contribution in [2.75, 3.05) is 26.2 Å². The van der Waals surface area contributed by atoms with E-state index >= 15 is 0 Å². The van der Waals surface area contributed by atoms with E-state index in [-0.39, 0.29) is 24.0 Å². The number of guanidine groups is 1. The second-order valence-corrected chi connectivity index (χ2v) is 5.11. The Balaban J connectivity index is 0.00000162. The first-order chi connectivity index (χ1) is 8.15. The van der Waals surface area contributed by atoms with E-state index in [2.05, 4.69) is 15.2 Å². The molecule has 0 unspecified atom stereocenters. The van der Waals surface area contributed by atoms with Gasteiger partial charge in [-0.15, -0.1) is 24.0 Å². The van der Waals surface area contributed by atoms with Crippen LogP contribution in [0.15, 0.2) is 4.99 Å². The number of likely N-dealkylation sites (tertiary alicyclic amines) is 1. The van der Waals surface area contributed by atoms with E-state index in [0.29, 0.717) is 11.4 Å². The number of hydrogen-bond acceptors (Lipinski definition) is 1. The summed E-state index contributed by atoms with van der Waals surface area (Å²) in [5.74, 6) is 0.663. The van der Waals surface area contributed by atoms with E-state index in [1.807, 2.05) is 6.92 Å². The normalized spacial score (nSPS) is 22.0. The molecule has 1 heterocycles. The number of aliphatic imine (C=N–C) groups is 1. The average molecular weight is 373 g/mol. The first kappa shape index (κ1) is 15.9. The lowest BCUT2D eigenvalue weighted by Crippen LogP contribution is -2.42. The molecule has 0 aromatic rings. The summed E-state index contributed by atoms with van der Waals surface area (Å²) in [5.41, 5.74) is 0.473. The molecule has 2 fully saturated rings. The minimum atomic E-state index is -2.36. The fourth-order valence-corrected chi connectivity index (χ4v) is 2.78. The van der Waals surface area contributed by atoms with Crippen LogP contribution in [0.2, 0.25) is 0 Å². The second-order valence-electron chi connectivity index (χ2n) is 5.11. The van der Waals surface area contributed by atoms with Gasteiger partial charge >= 0.3 is 0 Å². The monoisotopic (exact) mass is 373 g/mol. The predicted molar refractivity (Wildman–Crippen MR) is 79.9 cm³/mol. The maximum atomic E-state index is 12.2. The summed E-state index contributed by atoms with van der Waals surface area (Å²) in [6.45, 7) is 4.24. The third kappa shape index (κ3) is 3.68. The van der Waals surface area contributed by atoms with Crippen LogP contribution in [0.5, 0.6) is 0 Å². The lowest BCUT2D eigenvalue weighted by molar-refractivity contribution is 0.150. The zero-order valence-electron chi connectivity index (χ0n) is 10.8. The third-order valence-electron chi connectivity index (χ3n) is 3.87. The zero-order valence-corrected chi connectivity index (χ0v) is 13.1. The summed E-state index contributed by atoms with van der Waals surface area (Å²) in [6.07, 6.45) is 2.73. The lowest BCUT2D eigenvalue weighted by Gasteiger charge is -2.38. The summed E-state index contributed by atoms with van der Waals surface area (Å²) in [4.78, 5) is 6.14. The number of alkyl halides is 2. The van der Waals surface area contributed by atoms with Gasteiger partial charge in [0.05, 0.1) is 0 Å². The molecule has 0 radical (unpaired) electrons. The van der Waals surface area contributed by atoms with Gasteiger partial charge in [-0.3, -0.25) is 0 Å². The molecule has 0 aromatic carbocycles. The molecule has 1 N–H and O–H groups in total. The van der Waals surface area contributed by atoms with Gasteiger partial charge in [0.2, 0.25) is 0 Å². The van der Waals surface area contributed by atoms with Gasteiger partial charge in [0.15, 0.2) is 5.96 Å². The fourth-order valence-electron chi connectivity index (χ4n) is 2.78. The Labute approximate surface area is 124 Å². The van der Waals surface area contributed by atoms with Gasteiger partial charge in [0.25, 0.3) is 6.43 Å². The number of hydrogen-bond donors (Lipinski definition) is 1. The highest BCUT2D eigenvalue weighted by Gasteiger charge is 2.43. The topological polar surface area (TPSA) is 27.6 Å². The van der Waals surface area contributed by atoms with Crippen LogP contribution < -0.4 is 5.32 Å². The minimum absolute atomic E-state index is 0. The Hall–Kier alpha value is -0.140. The predicted octanol–water partition coefficient (Wildman–Crippen LogP) is 2.71. The van der Waals surface area contributed by atoms with Crippen LogP contribution in [-0.4, -0.2) is 43.5 Å². The Kier molecular flexibility index (Phi) is 6.07. The molecular weight excluding hydrogens is 351 g/mol. The molecule has 18 heavy (non-hydrogen) atoms. The van der Waals surface area contributed by atoms with Crippen LogP contribution in [0.4, 0.5) is 8.78 Å². The van der Waals surface area contributed by atoms with Crippen molar-refractivity contribution in [2.24, 2.45) is 10.4 Å². The van der Waals surface area contributed by atoms with Crippen LogP contribution in [0.1, 0.15) is 32.6 Å². The van der Waals surface area contributed by atoms with E-state index in [1.54, 1.807) is 0 Å². The molecule has 1 aliphatic heterocycles. The molecule has 0 atom stereocenters. The van der Waals surface area contributed by atoms with E-state index in [4.69, 9.17) is 0 Å². The molecule has 6 heteroatoms. The molecule has 106 valence electrons. The highest BCUT2D eigenvalue weighted by Crippen LogP contribution is 2.47. The van der Waals surface area contributed by atoms with Crippen molar-refractivity contribution in [3.05, 3.63) is 0 Å². The lowest BCUT2D eigenvalue weighted by atomic mass is 9.68. The van der Waals surface area contributed by atoms with Crippen LogP contribution in [0, 0.1) is 5.41 Å². The highest BCUT2D eigenvalue weighted by molar-refractivity contribution is 14.0. The number of halogens is 3. The van der Waals surface area contributed by atoms with Crippen LogP contribution >= 0.6 is 24.0 Å². The smallest absolute Gasteiger partial charge is 0.257 e. The average Bonchev–Trinajstić information content (AvgIpc) is 2.68. The zero-order chi connectivity index (χ0) is 12.3. The number of nitrogens with zero attached hydrogens (tertiary/aromatic N) is 2. The molecule has 1 saturated heterocycles. The summed E-state index contributed by atoms with van der Waals surface area (Å²) in [7, 11) is 0. The molecule has 1 aliphatic carbocycles. The summed E-state index contributed by atoms with van der Waals surface area (Å²) >= 11 is 0. The minimum Gasteiger partial charge on any atom is -0.357 e. The van der Waals surface area contributed by atoms with Crippen molar-refractivity contribution in [3.8, 4) is 0 Å². The molecule has 2 aliphatic rings. The SMILES string of the molecule is CCNC(=NCC(F)F)N1CCC2(CCC2)C1.I. The Bertz CT molecular complexity index is 293. The fraction of sp³-hybridized carbons (Fsp3) is 0.917. The maximum absolute atomic E-state index is 12.2. The summed E-state index contributed by atoms with van der Waals surface area (Å²) < 4.78 is 24.4. The third-order valence-corrected chi connectivity index (χ3v) is 3.87. The van der Waals surface area contributed by atoms with E-state index in [0.717, 1.165) is 19.6 Å². The molecule has 3 nitrogen and oxygen atoms in total. The van der Waals surface area contributed by atoms with Gasteiger partial charge in [0.1, 0.15) is 6.54 Å². The van der Waals surface area contributed by atoms with Crippen molar-refractivity contribution >= 4 is 29.9 Å². The standard InChI is InChI=1S/C12H21F2N3.HI/c1-2-15-11(16-8-10(13)14)17-7-6-12(9-17)4-3-5-12;/h10H,2-9H2,1H3,(H,15,16);1H. The van der Waals surface area contributed by atoms with Crippen molar-refractivity contribution in [1.29, 1.82) is 0 Å². The largest absolute Gasteiger partial charge is 0.357 e. The molecule has 0 bridgehead atoms. The van der Waals surface area contributed by atoms with Gasteiger partial charge in [-0.25, -0.2) is 13.8 Å². The van der Waals surface area contributed by atoms with Gasteiger partial charge in [0, 0.05) is 19.6 Å². The Morgan fingerprint density at radius 1 is 1.39 bits per heavy atom. The van der Waals surface area contributed by atoms with Crippen molar-refractivity contribution in [1.82, 2.24) is 10.2 Å². The van der Waals surface area contributed by atoms with Crippen LogP contribution in [-0.2, 0) is 0 Å². The highest BCUT2D eigenvalue weighted by atomic mass is 127. The maximum Gasteiger partial charge on any atom is 0.257 e. The number of rotatable bonds is 3. The Morgan fingerprint density at radius 3 is 2.56 bits per heavy atom. The van der Waals surface area contributed by atoms with Gasteiger partial charge in [-0.05, 0) is 31.6 Å². The first-order valence-corrected chi connectivity index (χ1v) is 6.47. The number of nitrogens with one attached hydrogen (secondary N) is 1. The van der Waals surface area contributed by atoms with Crippen LogP contribution in [0.25, 0.3) is 0 Å². The van der Waals surface area contributed by atoms with E-state index in [1.165, 1.54) is 25.7 Å². The van der Waals surface area contributed by atoms with Gasteiger partial charge in [-0.2, -0.15) is 0 Å². The molecule has 1 spiro atoms. The van der Waals surface area contributed by atoms with E-state index in [9.17, 15) is 8.78 Å². The summed E-state index contributed by atoms with van der Waals surface area (Å²) in [6, 6.07) is 0. The molecule has 0 aromatic heterocycles. The van der Waals surface area contributed by atoms with Crippen LogP contribution in [0.3, 0.4) is 0 Å². The van der Waals surface area contributed by atoms with Crippen molar-refractivity contribution in [3.63, 3.8) is 0 Å². The Morgan fingerprint density at radius 2 is 2.11 bits per heavy atom. The van der Waals surface area contributed by atoms with Gasteiger partial charge < -0.3 is 10.2 Å². The van der Waals surface area contributed by atoms with Crippen molar-refractivity contribution < 1.29 is 8.78 Å².